The van der Waals surface area contributed by atoms with Gasteiger partial charge >= 0.3 is 0 Å². The summed E-state index contributed by atoms with van der Waals surface area (Å²) < 4.78 is 5.60. The van der Waals surface area contributed by atoms with Gasteiger partial charge in [0.25, 0.3) is 0 Å². The second-order valence-corrected chi connectivity index (χ2v) is 4.14. The molecule has 2 rings (SSSR count). The summed E-state index contributed by atoms with van der Waals surface area (Å²) in [6.45, 7) is 0.290. The molecule has 0 aromatic heterocycles. The summed E-state index contributed by atoms with van der Waals surface area (Å²) in [6, 6.07) is 0. The van der Waals surface area contributed by atoms with Gasteiger partial charge in [0, 0.05) is 19.6 Å². The molecule has 0 saturated heterocycles. The molecule has 0 amide bonds. The first-order valence-electron chi connectivity index (χ1n) is 5.16. The first-order valence-corrected chi connectivity index (χ1v) is 5.16. The highest BCUT2D eigenvalue weighted by atomic mass is 16.5. The van der Waals surface area contributed by atoms with E-state index in [2.05, 4.69) is 12.2 Å². The van der Waals surface area contributed by atoms with Crippen LogP contribution in [-0.4, -0.2) is 24.4 Å². The van der Waals surface area contributed by atoms with Crippen molar-refractivity contribution in [3.05, 3.63) is 12.2 Å². The molecule has 2 aliphatic rings. The van der Waals surface area contributed by atoms with Crippen molar-refractivity contribution >= 4 is 0 Å². The highest BCUT2D eigenvalue weighted by Gasteiger charge is 2.63. The Labute approximate surface area is 79.6 Å². The highest BCUT2D eigenvalue weighted by molar-refractivity contribution is 5.15. The average Bonchev–Trinajstić information content (AvgIpc) is 2.72. The van der Waals surface area contributed by atoms with Crippen LogP contribution in [0.15, 0.2) is 12.2 Å². The van der Waals surface area contributed by atoms with Crippen molar-refractivity contribution in [3.8, 4) is 0 Å². The van der Waals surface area contributed by atoms with Crippen LogP contribution >= 0.6 is 0 Å². The van der Waals surface area contributed by atoms with Gasteiger partial charge in [-0.3, -0.25) is 0 Å². The highest BCUT2D eigenvalue weighted by Crippen LogP contribution is 2.58. The number of aliphatic hydroxyl groups excluding tert-OH is 1. The maximum atomic E-state index is 9.22. The lowest BCUT2D eigenvalue weighted by Crippen LogP contribution is -2.18. The van der Waals surface area contributed by atoms with E-state index in [0.29, 0.717) is 18.4 Å². The smallest absolute Gasteiger partial charge is 0.0768 e. The summed E-state index contributed by atoms with van der Waals surface area (Å²) in [5.41, 5.74) is 0.0273. The van der Waals surface area contributed by atoms with Crippen LogP contribution in [-0.2, 0) is 4.74 Å². The van der Waals surface area contributed by atoms with Gasteiger partial charge in [0.15, 0.2) is 0 Å². The number of rotatable bonds is 2. The van der Waals surface area contributed by atoms with E-state index in [-0.39, 0.29) is 5.60 Å². The van der Waals surface area contributed by atoms with Gasteiger partial charge in [0.1, 0.15) is 0 Å². The molecule has 1 N–H and O–H groups in total. The predicted molar refractivity (Wildman–Crippen MR) is 51.4 cm³/mol. The summed E-state index contributed by atoms with van der Waals surface area (Å²) in [5, 5.41) is 9.22. The molecule has 0 radical (unpaired) electrons. The minimum absolute atomic E-state index is 0.0273. The summed E-state index contributed by atoms with van der Waals surface area (Å²) in [6.07, 6.45) is 8.99. The third kappa shape index (κ3) is 1.32. The van der Waals surface area contributed by atoms with Gasteiger partial charge in [-0.05, 0) is 31.6 Å². The molecule has 2 heteroatoms. The Bertz CT molecular complexity index is 212. The molecule has 74 valence electrons. The lowest BCUT2D eigenvalue weighted by molar-refractivity contribution is 0.0391. The van der Waals surface area contributed by atoms with Crippen LogP contribution in [0.4, 0.5) is 0 Å². The minimum Gasteiger partial charge on any atom is -0.396 e. The maximum absolute atomic E-state index is 9.22. The molecule has 2 nitrogen and oxygen atoms in total. The third-order valence-corrected chi connectivity index (χ3v) is 3.72. The molecule has 13 heavy (non-hydrogen) atoms. The molecule has 0 spiro atoms. The number of hydrogen-bond acceptors (Lipinski definition) is 2. The van der Waals surface area contributed by atoms with Gasteiger partial charge in [-0.2, -0.15) is 0 Å². The molecule has 3 atom stereocenters. The molecular weight excluding hydrogens is 164 g/mol. The fourth-order valence-electron chi connectivity index (χ4n) is 2.90. The van der Waals surface area contributed by atoms with E-state index < -0.39 is 0 Å². The fourth-order valence-corrected chi connectivity index (χ4v) is 2.90. The Kier molecular flexibility index (Phi) is 2.43. The number of allylic oxidation sites excluding steroid dienone is 2. The van der Waals surface area contributed by atoms with Crippen LogP contribution in [0.2, 0.25) is 0 Å². The Morgan fingerprint density at radius 1 is 1.46 bits per heavy atom. The summed E-state index contributed by atoms with van der Waals surface area (Å²) in [5.74, 6) is 1.00. The normalized spacial score (nSPS) is 46.0. The van der Waals surface area contributed by atoms with Gasteiger partial charge in [0.05, 0.1) is 5.60 Å². The van der Waals surface area contributed by atoms with Crippen LogP contribution in [0.5, 0.6) is 0 Å². The van der Waals surface area contributed by atoms with E-state index in [1.807, 2.05) is 0 Å². The van der Waals surface area contributed by atoms with Crippen molar-refractivity contribution in [2.24, 2.45) is 11.8 Å². The first-order chi connectivity index (χ1) is 6.35. The lowest BCUT2D eigenvalue weighted by atomic mass is 10.0. The topological polar surface area (TPSA) is 29.5 Å². The SMILES string of the molecule is COC12CC/C=C\CCC1C2CO. The molecular formula is C11H18O2. The Balaban J connectivity index is 2.08. The summed E-state index contributed by atoms with van der Waals surface area (Å²) in [7, 11) is 1.79. The zero-order valence-electron chi connectivity index (χ0n) is 8.20. The molecule has 0 heterocycles. The van der Waals surface area contributed by atoms with Crippen molar-refractivity contribution in [1.29, 1.82) is 0 Å². The van der Waals surface area contributed by atoms with Crippen LogP contribution in [0.1, 0.15) is 25.7 Å². The van der Waals surface area contributed by atoms with Gasteiger partial charge in [-0.25, -0.2) is 0 Å². The number of ether oxygens (including phenoxy) is 1. The van der Waals surface area contributed by atoms with Crippen LogP contribution < -0.4 is 0 Å². The van der Waals surface area contributed by atoms with E-state index in [4.69, 9.17) is 4.74 Å². The van der Waals surface area contributed by atoms with E-state index in [0.717, 1.165) is 19.3 Å². The summed E-state index contributed by atoms with van der Waals surface area (Å²) >= 11 is 0. The lowest BCUT2D eigenvalue weighted by Gasteiger charge is -2.16. The quantitative estimate of drug-likeness (QED) is 0.659. The van der Waals surface area contributed by atoms with E-state index in [1.165, 1.54) is 6.42 Å². The maximum Gasteiger partial charge on any atom is 0.0768 e. The van der Waals surface area contributed by atoms with E-state index in [1.54, 1.807) is 7.11 Å². The Hall–Kier alpha value is -0.340. The molecule has 3 unspecified atom stereocenters. The minimum atomic E-state index is 0.0273. The standard InChI is InChI=1S/C11H18O2/c1-13-11-7-5-3-2-4-6-9(11)10(11)8-12/h2-3,9-10,12H,4-8H2,1H3/b3-2-. The first kappa shape index (κ1) is 9.22. The fraction of sp³-hybridized carbons (Fsp3) is 0.818. The van der Waals surface area contributed by atoms with Gasteiger partial charge in [-0.15, -0.1) is 0 Å². The average molecular weight is 182 g/mol. The van der Waals surface area contributed by atoms with E-state index in [9.17, 15) is 5.11 Å². The number of hydrogen-bond donors (Lipinski definition) is 1. The van der Waals surface area contributed by atoms with Crippen LogP contribution in [0, 0.1) is 11.8 Å². The Morgan fingerprint density at radius 3 is 2.92 bits per heavy atom. The zero-order chi connectivity index (χ0) is 9.31. The summed E-state index contributed by atoms with van der Waals surface area (Å²) in [4.78, 5) is 0. The molecule has 2 aliphatic carbocycles. The number of methoxy groups -OCH3 is 1. The monoisotopic (exact) mass is 182 g/mol. The molecule has 1 saturated carbocycles. The number of fused-ring (bicyclic) bond motifs is 1. The van der Waals surface area contributed by atoms with Gasteiger partial charge < -0.3 is 9.84 Å². The number of aliphatic hydroxyl groups is 1. The molecule has 0 bridgehead atoms. The predicted octanol–water partition coefficient (Wildman–Crippen LogP) is 1.74. The largest absolute Gasteiger partial charge is 0.396 e. The van der Waals surface area contributed by atoms with E-state index >= 15 is 0 Å². The van der Waals surface area contributed by atoms with Crippen LogP contribution in [0.3, 0.4) is 0 Å². The molecule has 0 aliphatic heterocycles. The van der Waals surface area contributed by atoms with Gasteiger partial charge in [0.2, 0.25) is 0 Å². The van der Waals surface area contributed by atoms with Gasteiger partial charge in [-0.1, -0.05) is 12.2 Å². The second kappa shape index (κ2) is 3.43. The Morgan fingerprint density at radius 2 is 2.23 bits per heavy atom. The molecule has 0 aromatic carbocycles. The third-order valence-electron chi connectivity index (χ3n) is 3.72. The molecule has 1 fully saturated rings. The van der Waals surface area contributed by atoms with Crippen LogP contribution in [0.25, 0.3) is 0 Å². The van der Waals surface area contributed by atoms with Crippen molar-refractivity contribution in [1.82, 2.24) is 0 Å². The second-order valence-electron chi connectivity index (χ2n) is 4.14. The van der Waals surface area contributed by atoms with Crippen molar-refractivity contribution < 1.29 is 9.84 Å². The molecule has 0 aromatic rings. The zero-order valence-corrected chi connectivity index (χ0v) is 8.20. The van der Waals surface area contributed by atoms with Crippen molar-refractivity contribution in [3.63, 3.8) is 0 Å². The van der Waals surface area contributed by atoms with Crippen molar-refractivity contribution in [2.45, 2.75) is 31.3 Å². The van der Waals surface area contributed by atoms with Crippen molar-refractivity contribution in [2.75, 3.05) is 13.7 Å².